The van der Waals surface area contributed by atoms with Crippen LogP contribution in [0.5, 0.6) is 0 Å². The Balaban J connectivity index is 3.58. The summed E-state index contributed by atoms with van der Waals surface area (Å²) in [5.74, 6) is -6.17. The maximum Gasteiger partial charge on any atom is 0.343 e. The molecule has 0 saturated carbocycles. The van der Waals surface area contributed by atoms with Crippen molar-refractivity contribution in [3.05, 3.63) is 0 Å². The van der Waals surface area contributed by atoms with Gasteiger partial charge in [0.25, 0.3) is 0 Å². The van der Waals surface area contributed by atoms with Gasteiger partial charge in [-0.15, -0.1) is 23.2 Å². The summed E-state index contributed by atoms with van der Waals surface area (Å²) in [6.45, 7) is -11.8. The first-order valence-electron chi connectivity index (χ1n) is 9.26. The third-order valence-corrected chi connectivity index (χ3v) is 2.99. The van der Waals surface area contributed by atoms with Crippen LogP contribution < -0.4 is 5.09 Å². The minimum atomic E-state index is -5.29. The summed E-state index contributed by atoms with van der Waals surface area (Å²) >= 11 is 10.7. The first kappa shape index (κ1) is 3.86. The van der Waals surface area contributed by atoms with E-state index in [1.165, 1.54) is 5.09 Å². The van der Waals surface area contributed by atoms with Crippen molar-refractivity contribution in [2.24, 2.45) is 0 Å². The van der Waals surface area contributed by atoms with Gasteiger partial charge in [-0.2, -0.15) is 0 Å². The standard InChI is InChI=1S/C7H15Cl2N2O2P/c8-2-5-11(6-3-9)14(12)10-4-1-7-13-14/h1-7H2,(H,10,12)/i1D2,2D2,3D2,4D2,5D2,7D2. The number of hydrogen-bond acceptors (Lipinski definition) is 2. The number of nitrogens with one attached hydrogen (secondary N) is 1. The highest BCUT2D eigenvalue weighted by Crippen LogP contribution is 2.47. The van der Waals surface area contributed by atoms with Crippen LogP contribution in [0.15, 0.2) is 0 Å². The Bertz CT molecular complexity index is 581. The van der Waals surface area contributed by atoms with Crippen LogP contribution in [0.4, 0.5) is 0 Å². The molecule has 1 atom stereocenters. The zero-order valence-electron chi connectivity index (χ0n) is 18.7. The highest BCUT2D eigenvalue weighted by Gasteiger charge is 2.32. The van der Waals surface area contributed by atoms with E-state index < -0.39 is 51.8 Å². The fourth-order valence-corrected chi connectivity index (χ4v) is 2.08. The summed E-state index contributed by atoms with van der Waals surface area (Å²) in [5, 5.41) is 1.50. The molecule has 0 spiro atoms. The molecule has 0 radical (unpaired) electrons. The highest BCUT2D eigenvalue weighted by molar-refractivity contribution is 7.54. The molecule has 7 heteroatoms. The molecule has 1 rings (SSSR count). The molecule has 0 amide bonds. The molecule has 0 aliphatic carbocycles. The van der Waals surface area contributed by atoms with Gasteiger partial charge in [0.15, 0.2) is 0 Å². The Morgan fingerprint density at radius 3 is 3.00 bits per heavy atom. The lowest BCUT2D eigenvalue weighted by Gasteiger charge is -2.33. The Kier molecular flexibility index (Phi) is 1.74. The summed E-state index contributed by atoms with van der Waals surface area (Å²) in [4.78, 5) is 0. The highest BCUT2D eigenvalue weighted by atomic mass is 35.5. The smallest absolute Gasteiger partial charge is 0.306 e. The number of rotatable bonds is 5. The maximum absolute atomic E-state index is 13.1. The predicted molar refractivity (Wildman–Crippen MR) is 59.2 cm³/mol. The van der Waals surface area contributed by atoms with Crippen LogP contribution in [-0.2, 0) is 9.09 Å². The zero-order chi connectivity index (χ0) is 21.2. The Labute approximate surface area is 111 Å². The van der Waals surface area contributed by atoms with E-state index in [4.69, 9.17) is 39.7 Å². The Morgan fingerprint density at radius 2 is 2.43 bits per heavy atom. The van der Waals surface area contributed by atoms with E-state index in [0.29, 0.717) is 0 Å². The molecule has 0 aromatic rings. The van der Waals surface area contributed by atoms with Crippen LogP contribution in [0.25, 0.3) is 0 Å². The van der Waals surface area contributed by atoms with E-state index in [0.717, 1.165) is 0 Å². The molecule has 1 unspecified atom stereocenters. The molecule has 1 heterocycles. The second-order valence-corrected chi connectivity index (χ2v) is 4.36. The second-order valence-electron chi connectivity index (χ2n) is 1.97. The molecule has 1 saturated heterocycles. The van der Waals surface area contributed by atoms with Crippen molar-refractivity contribution < 1.29 is 25.5 Å². The molecule has 14 heavy (non-hydrogen) atoms. The topological polar surface area (TPSA) is 41.6 Å². The SMILES string of the molecule is [2H]C([2H])(Cl)CN(C([2H])([2H])C([2H])([2H])Cl)P1(=O)NC([2H])([2H])C([2H])([2H])C([2H])([2H])O1. The molecular weight excluding hydrogens is 246 g/mol. The normalized spacial score (nSPS) is 54.8. The van der Waals surface area contributed by atoms with Gasteiger partial charge >= 0.3 is 7.67 Å². The summed E-state index contributed by atoms with van der Waals surface area (Å²) in [6.07, 6.45) is -3.40. The van der Waals surface area contributed by atoms with E-state index >= 15 is 0 Å². The second kappa shape index (κ2) is 6.31. The van der Waals surface area contributed by atoms with E-state index in [1.54, 1.807) is 0 Å². The first-order valence-corrected chi connectivity index (χ1v) is 5.60. The molecule has 0 bridgehead atoms. The average Bonchev–Trinajstić information content (AvgIpc) is 2.29. The quantitative estimate of drug-likeness (QED) is 0.613. The Hall–Kier alpha value is 0.690. The van der Waals surface area contributed by atoms with E-state index in [-0.39, 0.29) is 4.67 Å². The zero-order valence-corrected chi connectivity index (χ0v) is 9.08. The van der Waals surface area contributed by atoms with Crippen LogP contribution in [-0.4, -0.2) is 42.4 Å². The maximum atomic E-state index is 13.1. The Morgan fingerprint density at radius 1 is 1.64 bits per heavy atom. The van der Waals surface area contributed by atoms with Crippen molar-refractivity contribution in [3.63, 3.8) is 0 Å². The fraction of sp³-hybridized carbons (Fsp3) is 1.00. The molecule has 1 fully saturated rings. The van der Waals surface area contributed by atoms with Crippen molar-refractivity contribution in [1.82, 2.24) is 9.76 Å². The van der Waals surface area contributed by atoms with Gasteiger partial charge in [-0.25, -0.2) is 9.76 Å². The van der Waals surface area contributed by atoms with Gasteiger partial charge in [0.2, 0.25) is 0 Å². The van der Waals surface area contributed by atoms with Gasteiger partial charge in [0.05, 0.1) is 9.30 Å². The van der Waals surface area contributed by atoms with E-state index in [9.17, 15) is 4.57 Å². The van der Waals surface area contributed by atoms with Gasteiger partial charge in [0, 0.05) is 44.9 Å². The largest absolute Gasteiger partial charge is 0.343 e. The third-order valence-electron chi connectivity index (χ3n) is 1.18. The first-order chi connectivity index (χ1) is 11.0. The molecule has 0 aromatic carbocycles. The molecule has 84 valence electrons. The van der Waals surface area contributed by atoms with Gasteiger partial charge in [-0.1, -0.05) is 0 Å². The molecule has 1 aliphatic rings. The lowest BCUT2D eigenvalue weighted by Crippen LogP contribution is -2.35. The number of hydrogen-bond donors (Lipinski definition) is 1. The van der Waals surface area contributed by atoms with Gasteiger partial charge in [0.1, 0.15) is 0 Å². The van der Waals surface area contributed by atoms with E-state index in [2.05, 4.69) is 4.52 Å². The molecule has 1 N–H and O–H groups in total. The van der Waals surface area contributed by atoms with Crippen molar-refractivity contribution in [2.45, 2.75) is 6.37 Å². The van der Waals surface area contributed by atoms with Crippen molar-refractivity contribution in [3.8, 4) is 0 Å². The van der Waals surface area contributed by atoms with Gasteiger partial charge < -0.3 is 4.52 Å². The summed E-state index contributed by atoms with van der Waals surface area (Å²) in [7, 11) is -5.29. The fourth-order valence-electron chi connectivity index (χ4n) is 0.645. The van der Waals surface area contributed by atoms with Crippen LogP contribution in [0.2, 0.25) is 0 Å². The molecule has 1 aliphatic heterocycles. The van der Waals surface area contributed by atoms with E-state index in [1.807, 2.05) is 0 Å². The monoisotopic (exact) mass is 272 g/mol. The lowest BCUT2D eigenvalue weighted by atomic mass is 10.5. The van der Waals surface area contributed by atoms with Crippen LogP contribution in [0.1, 0.15) is 22.8 Å². The van der Waals surface area contributed by atoms with Crippen molar-refractivity contribution in [2.75, 3.05) is 37.8 Å². The van der Waals surface area contributed by atoms with Gasteiger partial charge in [-0.3, -0.25) is 4.57 Å². The van der Waals surface area contributed by atoms with Crippen LogP contribution in [0, 0.1) is 0 Å². The minimum absolute atomic E-state index is 0.203. The molecular formula is C7H15Cl2N2O2P. The number of nitrogens with zero attached hydrogens (tertiary/aromatic N) is 1. The summed E-state index contributed by atoms with van der Waals surface area (Å²) < 4.78 is 108. The molecule has 4 nitrogen and oxygen atoms in total. The van der Waals surface area contributed by atoms with Crippen molar-refractivity contribution >= 4 is 30.9 Å². The van der Waals surface area contributed by atoms with Crippen LogP contribution in [0.3, 0.4) is 0 Å². The molecule has 0 aromatic heterocycles. The average molecular weight is 273 g/mol. The summed E-state index contributed by atoms with van der Waals surface area (Å²) in [5.41, 5.74) is 0. The summed E-state index contributed by atoms with van der Waals surface area (Å²) in [6, 6.07) is 0. The predicted octanol–water partition coefficient (Wildman–Crippen LogP) is 1.88. The lowest BCUT2D eigenvalue weighted by molar-refractivity contribution is 0.233. The van der Waals surface area contributed by atoms with Crippen molar-refractivity contribution in [1.29, 1.82) is 0 Å². The number of halogens is 2. The van der Waals surface area contributed by atoms with Gasteiger partial charge in [-0.05, 0) is 6.37 Å². The van der Waals surface area contributed by atoms with Crippen LogP contribution >= 0.6 is 30.9 Å². The third kappa shape index (κ3) is 3.37. The number of alkyl halides is 2. The minimum Gasteiger partial charge on any atom is -0.306 e.